The van der Waals surface area contributed by atoms with E-state index in [9.17, 15) is 14.4 Å². The predicted molar refractivity (Wildman–Crippen MR) is 75.0 cm³/mol. The average molecular weight is 278 g/mol. The fourth-order valence-electron chi connectivity index (χ4n) is 1.62. The summed E-state index contributed by atoms with van der Waals surface area (Å²) in [6, 6.07) is 3.84. The minimum atomic E-state index is -0.995. The van der Waals surface area contributed by atoms with Crippen molar-refractivity contribution in [2.24, 2.45) is 11.5 Å². The molecule has 0 heterocycles. The topological polar surface area (TPSA) is 127 Å². The van der Waals surface area contributed by atoms with Crippen molar-refractivity contribution in [1.29, 1.82) is 0 Å². The summed E-state index contributed by atoms with van der Waals surface area (Å²) in [7, 11) is 1.54. The molecule has 0 aromatic heterocycles. The minimum absolute atomic E-state index is 0.212. The van der Waals surface area contributed by atoms with E-state index in [0.717, 1.165) is 0 Å². The Hall–Kier alpha value is -2.41. The number of carbonyl (C=O) groups is 3. The van der Waals surface area contributed by atoms with E-state index in [0.29, 0.717) is 16.8 Å². The van der Waals surface area contributed by atoms with Crippen molar-refractivity contribution in [3.63, 3.8) is 0 Å². The number of rotatable bonds is 5. The summed E-state index contributed by atoms with van der Waals surface area (Å²) < 4.78 is 0. The first-order valence-corrected chi connectivity index (χ1v) is 6.02. The first-order chi connectivity index (χ1) is 9.35. The highest BCUT2D eigenvalue weighted by molar-refractivity contribution is 5.99. The standard InChI is InChI=1S/C13H18N4O3/c1-7-5-8(12(19)16-2)3-4-10(7)17-13(20)9(14)6-11(15)18/h3-5,9H,6,14H2,1-2H3,(H2,15,18)(H,16,19)(H,17,20). The van der Waals surface area contributed by atoms with E-state index in [4.69, 9.17) is 11.5 Å². The zero-order valence-corrected chi connectivity index (χ0v) is 11.4. The Kier molecular flexibility index (Phi) is 5.22. The summed E-state index contributed by atoms with van der Waals surface area (Å²) in [6.07, 6.45) is -0.221. The van der Waals surface area contributed by atoms with E-state index < -0.39 is 17.9 Å². The van der Waals surface area contributed by atoms with Crippen LogP contribution in [-0.2, 0) is 9.59 Å². The molecular formula is C13H18N4O3. The summed E-state index contributed by atoms with van der Waals surface area (Å²) in [6.45, 7) is 1.75. The number of nitrogens with one attached hydrogen (secondary N) is 2. The van der Waals surface area contributed by atoms with Crippen molar-refractivity contribution in [2.75, 3.05) is 12.4 Å². The van der Waals surface area contributed by atoms with Gasteiger partial charge in [0.1, 0.15) is 0 Å². The summed E-state index contributed by atoms with van der Waals surface area (Å²) in [5.74, 6) is -1.35. The third-order valence-corrected chi connectivity index (χ3v) is 2.73. The molecule has 7 heteroatoms. The molecule has 0 aliphatic heterocycles. The molecule has 0 saturated carbocycles. The molecule has 1 aromatic carbocycles. The molecule has 20 heavy (non-hydrogen) atoms. The van der Waals surface area contributed by atoms with E-state index in [1.807, 2.05) is 0 Å². The van der Waals surface area contributed by atoms with Crippen LogP contribution in [0.1, 0.15) is 22.3 Å². The van der Waals surface area contributed by atoms with Gasteiger partial charge in [-0.3, -0.25) is 14.4 Å². The molecule has 1 atom stereocenters. The Morgan fingerprint density at radius 3 is 2.45 bits per heavy atom. The lowest BCUT2D eigenvalue weighted by Crippen LogP contribution is -2.39. The van der Waals surface area contributed by atoms with Gasteiger partial charge >= 0.3 is 0 Å². The van der Waals surface area contributed by atoms with Crippen molar-refractivity contribution in [2.45, 2.75) is 19.4 Å². The second kappa shape index (κ2) is 6.67. The van der Waals surface area contributed by atoms with Crippen LogP contribution in [0.4, 0.5) is 5.69 Å². The normalized spacial score (nSPS) is 11.6. The SMILES string of the molecule is CNC(=O)c1ccc(NC(=O)C(N)CC(N)=O)c(C)c1. The third kappa shape index (κ3) is 4.06. The minimum Gasteiger partial charge on any atom is -0.370 e. The first kappa shape index (κ1) is 15.6. The highest BCUT2D eigenvalue weighted by Crippen LogP contribution is 2.16. The summed E-state index contributed by atoms with van der Waals surface area (Å²) in [5, 5.41) is 5.11. The van der Waals surface area contributed by atoms with Crippen molar-refractivity contribution in [3.8, 4) is 0 Å². The van der Waals surface area contributed by atoms with Crippen LogP contribution in [0.5, 0.6) is 0 Å². The molecule has 108 valence electrons. The van der Waals surface area contributed by atoms with Crippen LogP contribution < -0.4 is 22.1 Å². The largest absolute Gasteiger partial charge is 0.370 e. The molecule has 0 saturated heterocycles. The monoisotopic (exact) mass is 278 g/mol. The highest BCUT2D eigenvalue weighted by atomic mass is 16.2. The van der Waals surface area contributed by atoms with Crippen LogP contribution in [-0.4, -0.2) is 30.8 Å². The van der Waals surface area contributed by atoms with Gasteiger partial charge < -0.3 is 22.1 Å². The quantitative estimate of drug-likeness (QED) is 0.578. The zero-order chi connectivity index (χ0) is 15.3. The maximum atomic E-state index is 11.8. The van der Waals surface area contributed by atoms with Gasteiger partial charge in [-0.2, -0.15) is 0 Å². The fraction of sp³-hybridized carbons (Fsp3) is 0.308. The molecule has 0 bridgehead atoms. The number of aryl methyl sites for hydroxylation is 1. The average Bonchev–Trinajstić information content (AvgIpc) is 2.39. The summed E-state index contributed by atoms with van der Waals surface area (Å²) in [5.41, 5.74) is 12.3. The molecule has 0 fully saturated rings. The van der Waals surface area contributed by atoms with Gasteiger partial charge in [0.15, 0.2) is 0 Å². The van der Waals surface area contributed by atoms with Crippen LogP contribution in [0.15, 0.2) is 18.2 Å². The molecule has 0 spiro atoms. The molecule has 7 nitrogen and oxygen atoms in total. The lowest BCUT2D eigenvalue weighted by molar-refractivity contribution is -0.123. The first-order valence-electron chi connectivity index (χ1n) is 6.02. The van der Waals surface area contributed by atoms with E-state index in [2.05, 4.69) is 10.6 Å². The number of hydrogen-bond acceptors (Lipinski definition) is 4. The van der Waals surface area contributed by atoms with Crippen LogP contribution in [0.25, 0.3) is 0 Å². The van der Waals surface area contributed by atoms with E-state index in [1.165, 1.54) is 7.05 Å². The van der Waals surface area contributed by atoms with Gasteiger partial charge in [0.2, 0.25) is 11.8 Å². The van der Waals surface area contributed by atoms with Crippen LogP contribution in [0.2, 0.25) is 0 Å². The van der Waals surface area contributed by atoms with Crippen molar-refractivity contribution >= 4 is 23.4 Å². The lowest BCUT2D eigenvalue weighted by atomic mass is 10.1. The molecule has 1 unspecified atom stereocenters. The molecule has 1 rings (SSSR count). The Labute approximate surface area is 116 Å². The second-order valence-corrected chi connectivity index (χ2v) is 4.38. The molecule has 1 aromatic rings. The smallest absolute Gasteiger partial charge is 0.251 e. The van der Waals surface area contributed by atoms with Gasteiger partial charge in [0.25, 0.3) is 5.91 Å². The number of primary amides is 1. The van der Waals surface area contributed by atoms with Crippen LogP contribution in [0.3, 0.4) is 0 Å². The van der Waals surface area contributed by atoms with E-state index >= 15 is 0 Å². The number of anilines is 1. The zero-order valence-electron chi connectivity index (χ0n) is 11.4. The van der Waals surface area contributed by atoms with Gasteiger partial charge in [0, 0.05) is 18.3 Å². The molecule has 0 aliphatic carbocycles. The van der Waals surface area contributed by atoms with Crippen LogP contribution >= 0.6 is 0 Å². The third-order valence-electron chi connectivity index (χ3n) is 2.73. The van der Waals surface area contributed by atoms with Gasteiger partial charge in [-0.05, 0) is 30.7 Å². The summed E-state index contributed by atoms with van der Waals surface area (Å²) >= 11 is 0. The van der Waals surface area contributed by atoms with Crippen LogP contribution in [0, 0.1) is 6.92 Å². The highest BCUT2D eigenvalue weighted by Gasteiger charge is 2.17. The van der Waals surface area contributed by atoms with Gasteiger partial charge in [-0.25, -0.2) is 0 Å². The Morgan fingerprint density at radius 2 is 1.95 bits per heavy atom. The maximum absolute atomic E-state index is 11.8. The number of nitrogens with two attached hydrogens (primary N) is 2. The maximum Gasteiger partial charge on any atom is 0.251 e. The molecule has 3 amide bonds. The number of carbonyl (C=O) groups excluding carboxylic acids is 3. The van der Waals surface area contributed by atoms with Crippen molar-refractivity contribution < 1.29 is 14.4 Å². The van der Waals surface area contributed by atoms with Crippen molar-refractivity contribution in [3.05, 3.63) is 29.3 Å². The Balaban J connectivity index is 2.81. The summed E-state index contributed by atoms with van der Waals surface area (Å²) in [4.78, 5) is 33.9. The number of benzene rings is 1. The van der Waals surface area contributed by atoms with Gasteiger partial charge in [-0.15, -0.1) is 0 Å². The lowest BCUT2D eigenvalue weighted by Gasteiger charge is -2.13. The predicted octanol–water partition coefficient (Wildman–Crippen LogP) is -0.504. The molecule has 6 N–H and O–H groups in total. The molecular weight excluding hydrogens is 260 g/mol. The van der Waals surface area contributed by atoms with E-state index in [-0.39, 0.29) is 12.3 Å². The molecule has 0 aliphatic rings. The van der Waals surface area contributed by atoms with Gasteiger partial charge in [-0.1, -0.05) is 0 Å². The Bertz CT molecular complexity index is 542. The number of hydrogen-bond donors (Lipinski definition) is 4. The Morgan fingerprint density at radius 1 is 1.30 bits per heavy atom. The van der Waals surface area contributed by atoms with Crippen molar-refractivity contribution in [1.82, 2.24) is 5.32 Å². The second-order valence-electron chi connectivity index (χ2n) is 4.38. The fourth-order valence-corrected chi connectivity index (χ4v) is 1.62. The molecule has 0 radical (unpaired) electrons. The van der Waals surface area contributed by atoms with Gasteiger partial charge in [0.05, 0.1) is 12.5 Å². The number of amides is 3. The van der Waals surface area contributed by atoms with E-state index in [1.54, 1.807) is 25.1 Å².